The normalized spacial score (nSPS) is 16.8. The van der Waals surface area contributed by atoms with E-state index in [-0.39, 0.29) is 12.4 Å². The number of aryl methyl sites for hydroxylation is 2. The number of pyridine rings is 1. The van der Waals surface area contributed by atoms with E-state index in [1.165, 1.54) is 0 Å². The summed E-state index contributed by atoms with van der Waals surface area (Å²) in [6.45, 7) is 6.08. The van der Waals surface area contributed by atoms with Gasteiger partial charge in [-0.05, 0) is 57.5 Å². The van der Waals surface area contributed by atoms with Crippen molar-refractivity contribution in [3.8, 4) is 17.2 Å². The highest BCUT2D eigenvalue weighted by Gasteiger charge is 2.19. The van der Waals surface area contributed by atoms with Crippen molar-refractivity contribution in [1.82, 2.24) is 30.2 Å². The molecule has 1 aliphatic rings. The first-order valence-corrected chi connectivity index (χ1v) is 8.22. The second-order valence-corrected chi connectivity index (χ2v) is 6.32. The monoisotopic (exact) mass is 360 g/mol. The standard InChI is InChI=1S/C17H20N6O.ClH/c1-11-7-12(2)23(21-11)15-4-3-14(10-19-15)17-20-16(24-22-17)8-13-5-6-18-9-13;/h3-4,7,10,13,18H,5-6,8-9H2,1-2H3;1H. The van der Waals surface area contributed by atoms with Gasteiger partial charge in [0.1, 0.15) is 0 Å². The van der Waals surface area contributed by atoms with Crippen molar-refractivity contribution < 1.29 is 4.52 Å². The van der Waals surface area contributed by atoms with Gasteiger partial charge in [0.25, 0.3) is 0 Å². The molecule has 0 aromatic carbocycles. The molecule has 0 aliphatic carbocycles. The first-order valence-electron chi connectivity index (χ1n) is 8.22. The topological polar surface area (TPSA) is 81.7 Å². The smallest absolute Gasteiger partial charge is 0.227 e. The molecule has 7 nitrogen and oxygen atoms in total. The molecule has 4 rings (SSSR count). The lowest BCUT2D eigenvalue weighted by Crippen LogP contribution is -2.10. The Bertz CT molecular complexity index is 835. The van der Waals surface area contributed by atoms with Crippen molar-refractivity contribution >= 4 is 12.4 Å². The molecule has 0 bridgehead atoms. The molecule has 3 aromatic rings. The number of nitrogens with one attached hydrogen (secondary N) is 1. The molecule has 0 spiro atoms. The van der Waals surface area contributed by atoms with Gasteiger partial charge in [-0.2, -0.15) is 10.1 Å². The summed E-state index contributed by atoms with van der Waals surface area (Å²) in [6, 6.07) is 5.90. The van der Waals surface area contributed by atoms with Crippen LogP contribution >= 0.6 is 12.4 Å². The van der Waals surface area contributed by atoms with Crippen molar-refractivity contribution in [2.75, 3.05) is 13.1 Å². The van der Waals surface area contributed by atoms with E-state index in [0.717, 1.165) is 48.7 Å². The molecule has 1 atom stereocenters. The zero-order chi connectivity index (χ0) is 16.5. The van der Waals surface area contributed by atoms with Crippen molar-refractivity contribution in [2.24, 2.45) is 5.92 Å². The molecule has 25 heavy (non-hydrogen) atoms. The van der Waals surface area contributed by atoms with Crippen LogP contribution in [0.5, 0.6) is 0 Å². The van der Waals surface area contributed by atoms with Gasteiger partial charge in [0.2, 0.25) is 11.7 Å². The number of nitrogens with zero attached hydrogens (tertiary/aromatic N) is 5. The number of rotatable bonds is 4. The van der Waals surface area contributed by atoms with Crippen LogP contribution < -0.4 is 5.32 Å². The molecule has 0 radical (unpaired) electrons. The Kier molecular flexibility index (Phi) is 5.15. The summed E-state index contributed by atoms with van der Waals surface area (Å²) < 4.78 is 7.21. The average molecular weight is 361 g/mol. The third-order valence-corrected chi connectivity index (χ3v) is 4.33. The third kappa shape index (κ3) is 3.72. The highest BCUT2D eigenvalue weighted by atomic mass is 35.5. The molecule has 0 saturated carbocycles. The maximum atomic E-state index is 5.38. The average Bonchev–Trinajstić information content (AvgIpc) is 3.30. The molecule has 1 unspecified atom stereocenters. The fourth-order valence-electron chi connectivity index (χ4n) is 3.10. The van der Waals surface area contributed by atoms with Gasteiger partial charge in [0.05, 0.1) is 5.69 Å². The predicted octanol–water partition coefficient (Wildman–Crippen LogP) is 2.51. The van der Waals surface area contributed by atoms with Gasteiger partial charge < -0.3 is 9.84 Å². The van der Waals surface area contributed by atoms with E-state index in [1.807, 2.05) is 36.7 Å². The van der Waals surface area contributed by atoms with Gasteiger partial charge in [0, 0.05) is 23.9 Å². The molecule has 1 saturated heterocycles. The van der Waals surface area contributed by atoms with E-state index in [1.54, 1.807) is 6.20 Å². The summed E-state index contributed by atoms with van der Waals surface area (Å²) in [4.78, 5) is 8.98. The van der Waals surface area contributed by atoms with E-state index >= 15 is 0 Å². The zero-order valence-corrected chi connectivity index (χ0v) is 15.1. The molecule has 3 aromatic heterocycles. The highest BCUT2D eigenvalue weighted by molar-refractivity contribution is 5.85. The molecule has 4 heterocycles. The number of aromatic nitrogens is 5. The highest BCUT2D eigenvalue weighted by Crippen LogP contribution is 2.19. The van der Waals surface area contributed by atoms with Crippen molar-refractivity contribution in [3.05, 3.63) is 41.7 Å². The fraction of sp³-hybridized carbons (Fsp3) is 0.412. The van der Waals surface area contributed by atoms with E-state index in [9.17, 15) is 0 Å². The lowest BCUT2D eigenvalue weighted by atomic mass is 10.1. The van der Waals surface area contributed by atoms with Gasteiger partial charge >= 0.3 is 0 Å². The van der Waals surface area contributed by atoms with Crippen LogP contribution in [0.4, 0.5) is 0 Å². The zero-order valence-electron chi connectivity index (χ0n) is 14.3. The Morgan fingerprint density at radius 3 is 2.84 bits per heavy atom. The summed E-state index contributed by atoms with van der Waals surface area (Å²) >= 11 is 0. The second-order valence-electron chi connectivity index (χ2n) is 6.32. The number of halogens is 1. The van der Waals surface area contributed by atoms with E-state index in [0.29, 0.717) is 17.6 Å². The Labute approximate surface area is 152 Å². The quantitative estimate of drug-likeness (QED) is 0.769. The maximum absolute atomic E-state index is 5.38. The summed E-state index contributed by atoms with van der Waals surface area (Å²) in [7, 11) is 0. The molecule has 0 amide bonds. The lowest BCUT2D eigenvalue weighted by Gasteiger charge is -2.03. The minimum absolute atomic E-state index is 0. The molecule has 8 heteroatoms. The van der Waals surface area contributed by atoms with Crippen LogP contribution in [-0.2, 0) is 6.42 Å². The second kappa shape index (κ2) is 7.33. The summed E-state index contributed by atoms with van der Waals surface area (Å²) in [6.07, 6.45) is 3.76. The van der Waals surface area contributed by atoms with Crippen LogP contribution in [0, 0.1) is 19.8 Å². The van der Waals surface area contributed by atoms with Crippen molar-refractivity contribution in [3.63, 3.8) is 0 Å². The Morgan fingerprint density at radius 1 is 1.32 bits per heavy atom. The van der Waals surface area contributed by atoms with Crippen molar-refractivity contribution in [1.29, 1.82) is 0 Å². The first kappa shape index (κ1) is 17.6. The van der Waals surface area contributed by atoms with E-state index in [2.05, 4.69) is 25.5 Å². The molecule has 1 aliphatic heterocycles. The van der Waals surface area contributed by atoms with Gasteiger partial charge in [-0.1, -0.05) is 5.16 Å². The largest absolute Gasteiger partial charge is 0.339 e. The summed E-state index contributed by atoms with van der Waals surface area (Å²) in [5.74, 6) is 2.65. The van der Waals surface area contributed by atoms with Crippen LogP contribution in [0.25, 0.3) is 17.2 Å². The van der Waals surface area contributed by atoms with E-state index < -0.39 is 0 Å². The Hall–Kier alpha value is -2.25. The van der Waals surface area contributed by atoms with Crippen LogP contribution in [0.1, 0.15) is 23.7 Å². The molecular formula is C17H21ClN6O. The number of hydrogen-bond acceptors (Lipinski definition) is 6. The van der Waals surface area contributed by atoms with Crippen LogP contribution in [0.15, 0.2) is 28.9 Å². The maximum Gasteiger partial charge on any atom is 0.227 e. The Morgan fingerprint density at radius 2 is 2.20 bits per heavy atom. The minimum atomic E-state index is 0. The van der Waals surface area contributed by atoms with E-state index in [4.69, 9.17) is 4.52 Å². The molecular weight excluding hydrogens is 340 g/mol. The SMILES string of the molecule is Cc1cc(C)n(-c2ccc(-c3noc(CC4CCNC4)n3)cn2)n1.Cl. The summed E-state index contributed by atoms with van der Waals surface area (Å²) in [5.41, 5.74) is 2.88. The van der Waals surface area contributed by atoms with Crippen LogP contribution in [0.2, 0.25) is 0 Å². The van der Waals surface area contributed by atoms with Gasteiger partial charge in [0.15, 0.2) is 5.82 Å². The van der Waals surface area contributed by atoms with Crippen LogP contribution in [-0.4, -0.2) is 38.0 Å². The minimum Gasteiger partial charge on any atom is -0.339 e. The summed E-state index contributed by atoms with van der Waals surface area (Å²) in [5, 5.41) is 11.9. The molecule has 1 N–H and O–H groups in total. The van der Waals surface area contributed by atoms with Gasteiger partial charge in [-0.15, -0.1) is 12.4 Å². The Balaban J connectivity index is 0.00000182. The number of hydrogen-bond donors (Lipinski definition) is 1. The molecule has 1 fully saturated rings. The van der Waals surface area contributed by atoms with Gasteiger partial charge in [-0.25, -0.2) is 9.67 Å². The fourth-order valence-corrected chi connectivity index (χ4v) is 3.10. The van der Waals surface area contributed by atoms with Gasteiger partial charge in [-0.3, -0.25) is 0 Å². The van der Waals surface area contributed by atoms with Crippen LogP contribution in [0.3, 0.4) is 0 Å². The first-order chi connectivity index (χ1) is 11.7. The molecule has 132 valence electrons. The lowest BCUT2D eigenvalue weighted by molar-refractivity contribution is 0.358. The predicted molar refractivity (Wildman–Crippen MR) is 96.1 cm³/mol. The third-order valence-electron chi connectivity index (χ3n) is 4.33. The van der Waals surface area contributed by atoms with Crippen molar-refractivity contribution in [2.45, 2.75) is 26.7 Å².